The first-order chi connectivity index (χ1) is 17.0. The van der Waals surface area contributed by atoms with Gasteiger partial charge < -0.3 is 28.4 Å². The van der Waals surface area contributed by atoms with E-state index in [1.54, 1.807) is 60.7 Å². The minimum Gasteiger partial charge on any atom is -0.449 e. The fraction of sp³-hybridized carbons (Fsp3) is 0.0769. The van der Waals surface area contributed by atoms with Crippen LogP contribution in [0.2, 0.25) is 5.02 Å². The van der Waals surface area contributed by atoms with Crippen LogP contribution in [0, 0.1) is 0 Å². The zero-order chi connectivity index (χ0) is 24.8. The van der Waals surface area contributed by atoms with Gasteiger partial charge in [-0.15, -0.1) is 0 Å². The summed E-state index contributed by atoms with van der Waals surface area (Å²) in [7, 11) is 2.35. The van der Waals surface area contributed by atoms with E-state index in [4.69, 9.17) is 40.0 Å². The maximum absolute atomic E-state index is 12.2. The molecular weight excluding hydrogens is 476 g/mol. The van der Waals surface area contributed by atoms with Gasteiger partial charge in [-0.25, -0.2) is 9.59 Å². The Balaban J connectivity index is 2.06. The van der Waals surface area contributed by atoms with Crippen molar-refractivity contribution in [2.75, 3.05) is 14.2 Å². The quantitative estimate of drug-likeness (QED) is 0.203. The summed E-state index contributed by atoms with van der Waals surface area (Å²) in [6.07, 6.45) is -2.00. The molecule has 0 aromatic heterocycles. The molecule has 8 nitrogen and oxygen atoms in total. The van der Waals surface area contributed by atoms with E-state index in [9.17, 15) is 9.59 Å². The van der Waals surface area contributed by atoms with E-state index in [2.05, 4.69) is 0 Å². The van der Waals surface area contributed by atoms with Crippen LogP contribution in [-0.4, -0.2) is 26.5 Å². The highest BCUT2D eigenvalue weighted by molar-refractivity contribution is 6.31. The van der Waals surface area contributed by atoms with Crippen molar-refractivity contribution in [3.05, 3.63) is 83.9 Å². The normalized spacial score (nSPS) is 10.4. The van der Waals surface area contributed by atoms with E-state index in [0.29, 0.717) is 27.3 Å². The molecule has 4 aromatic carbocycles. The molecule has 0 atom stereocenters. The molecule has 0 amide bonds. The number of para-hydroxylation sites is 2. The van der Waals surface area contributed by atoms with E-state index in [1.807, 2.05) is 12.1 Å². The van der Waals surface area contributed by atoms with Gasteiger partial charge >= 0.3 is 12.3 Å². The van der Waals surface area contributed by atoms with Crippen LogP contribution in [0.1, 0.15) is 0 Å². The van der Waals surface area contributed by atoms with Gasteiger partial charge in [-0.2, -0.15) is 0 Å². The topological polar surface area (TPSA) is 89.5 Å². The molecule has 178 valence electrons. The largest absolute Gasteiger partial charge is 0.513 e. The van der Waals surface area contributed by atoms with Crippen LogP contribution in [0.3, 0.4) is 0 Å². The average molecular weight is 495 g/mol. The van der Waals surface area contributed by atoms with Gasteiger partial charge in [-0.3, -0.25) is 0 Å². The summed E-state index contributed by atoms with van der Waals surface area (Å²) in [6.45, 7) is 0. The van der Waals surface area contributed by atoms with Crippen molar-refractivity contribution in [2.45, 2.75) is 0 Å². The van der Waals surface area contributed by atoms with Crippen molar-refractivity contribution < 1.29 is 38.0 Å². The molecule has 0 spiro atoms. The highest BCUT2D eigenvalue weighted by Crippen LogP contribution is 2.54. The lowest BCUT2D eigenvalue weighted by atomic mass is 10.1. The molecule has 4 rings (SSSR count). The second-order valence-corrected chi connectivity index (χ2v) is 7.39. The Kier molecular flexibility index (Phi) is 7.23. The molecule has 0 saturated carbocycles. The summed E-state index contributed by atoms with van der Waals surface area (Å²) in [5, 5.41) is 0.969. The molecule has 4 aromatic rings. The van der Waals surface area contributed by atoms with Gasteiger partial charge in [-0.1, -0.05) is 48.0 Å². The van der Waals surface area contributed by atoms with Gasteiger partial charge in [0.05, 0.1) is 14.2 Å². The lowest BCUT2D eigenvalue weighted by Crippen LogP contribution is -2.12. The molecule has 9 heteroatoms. The number of carbonyl (C=O) groups excluding carboxylic acids is 2. The maximum atomic E-state index is 12.2. The Morgan fingerprint density at radius 3 is 1.51 bits per heavy atom. The Labute approximate surface area is 205 Å². The van der Waals surface area contributed by atoms with Crippen LogP contribution < -0.4 is 18.9 Å². The van der Waals surface area contributed by atoms with Crippen LogP contribution in [-0.2, 0) is 9.47 Å². The van der Waals surface area contributed by atoms with Crippen molar-refractivity contribution in [1.82, 2.24) is 0 Å². The minimum absolute atomic E-state index is 0.0319. The lowest BCUT2D eigenvalue weighted by Gasteiger charge is -2.21. The van der Waals surface area contributed by atoms with Gasteiger partial charge in [-0.05, 0) is 42.5 Å². The molecular formula is C26H19ClO8. The standard InChI is InChI=1S/C26H19ClO8/c1-30-25(28)34-21-19-14-13-16(27)15-20(19)22(35-26(29)31-2)24(33-18-11-7-4-8-12-18)23(21)32-17-9-5-3-6-10-17/h3-15H,1-2H3. The first-order valence-electron chi connectivity index (χ1n) is 10.3. The highest BCUT2D eigenvalue weighted by atomic mass is 35.5. The number of methoxy groups -OCH3 is 2. The van der Waals surface area contributed by atoms with Crippen LogP contribution in [0.5, 0.6) is 34.5 Å². The van der Waals surface area contributed by atoms with Crippen molar-refractivity contribution >= 4 is 34.7 Å². The van der Waals surface area contributed by atoms with Crippen molar-refractivity contribution in [3.8, 4) is 34.5 Å². The lowest BCUT2D eigenvalue weighted by molar-refractivity contribution is 0.118. The van der Waals surface area contributed by atoms with Gasteiger partial charge in [0.1, 0.15) is 11.5 Å². The predicted molar refractivity (Wildman–Crippen MR) is 128 cm³/mol. The van der Waals surface area contributed by atoms with E-state index in [-0.39, 0.29) is 23.0 Å². The molecule has 0 aliphatic rings. The third-order valence-corrected chi connectivity index (χ3v) is 4.96. The summed E-state index contributed by atoms with van der Waals surface area (Å²) in [6, 6.07) is 22.2. The van der Waals surface area contributed by atoms with Crippen molar-refractivity contribution in [3.63, 3.8) is 0 Å². The Bertz CT molecular complexity index is 1360. The summed E-state index contributed by atoms with van der Waals surface area (Å²) < 4.78 is 32.7. The SMILES string of the molecule is COC(=O)Oc1c(Oc2ccccc2)c(Oc2ccccc2)c(OC(=O)OC)c2cc(Cl)ccc12. The number of carbonyl (C=O) groups is 2. The fourth-order valence-corrected chi connectivity index (χ4v) is 3.38. The fourth-order valence-electron chi connectivity index (χ4n) is 3.20. The number of hydrogen-bond acceptors (Lipinski definition) is 8. The average Bonchev–Trinajstić information content (AvgIpc) is 2.88. The molecule has 0 heterocycles. The monoisotopic (exact) mass is 494 g/mol. The molecule has 0 bridgehead atoms. The van der Waals surface area contributed by atoms with E-state index >= 15 is 0 Å². The number of rotatable bonds is 6. The molecule has 0 saturated heterocycles. The van der Waals surface area contributed by atoms with Crippen LogP contribution in [0.15, 0.2) is 78.9 Å². The second kappa shape index (κ2) is 10.7. The first kappa shape index (κ1) is 23.7. The van der Waals surface area contributed by atoms with Gasteiger partial charge in [0, 0.05) is 15.8 Å². The highest BCUT2D eigenvalue weighted by Gasteiger charge is 2.29. The molecule has 0 fully saturated rings. The number of ether oxygens (including phenoxy) is 6. The van der Waals surface area contributed by atoms with E-state index in [0.717, 1.165) is 0 Å². The maximum Gasteiger partial charge on any atom is 0.513 e. The Morgan fingerprint density at radius 1 is 0.600 bits per heavy atom. The third-order valence-electron chi connectivity index (χ3n) is 4.72. The van der Waals surface area contributed by atoms with E-state index < -0.39 is 12.3 Å². The van der Waals surface area contributed by atoms with Crippen molar-refractivity contribution in [1.29, 1.82) is 0 Å². The molecule has 0 N–H and O–H groups in total. The summed E-state index contributed by atoms with van der Waals surface area (Å²) >= 11 is 6.25. The van der Waals surface area contributed by atoms with Gasteiger partial charge in [0.2, 0.25) is 11.5 Å². The number of halogens is 1. The smallest absolute Gasteiger partial charge is 0.449 e. The summed E-state index contributed by atoms with van der Waals surface area (Å²) in [5.74, 6) is 0.609. The number of fused-ring (bicyclic) bond motifs is 1. The third kappa shape index (κ3) is 5.39. The second-order valence-electron chi connectivity index (χ2n) is 6.95. The minimum atomic E-state index is -1.00. The number of benzene rings is 4. The van der Waals surface area contributed by atoms with Gasteiger partial charge in [0.15, 0.2) is 11.5 Å². The molecule has 0 aliphatic heterocycles. The zero-order valence-electron chi connectivity index (χ0n) is 18.6. The van der Waals surface area contributed by atoms with E-state index in [1.165, 1.54) is 20.3 Å². The molecule has 35 heavy (non-hydrogen) atoms. The van der Waals surface area contributed by atoms with Crippen LogP contribution in [0.25, 0.3) is 10.8 Å². The number of hydrogen-bond donors (Lipinski definition) is 0. The molecule has 0 aliphatic carbocycles. The zero-order valence-corrected chi connectivity index (χ0v) is 19.4. The van der Waals surface area contributed by atoms with Gasteiger partial charge in [0.25, 0.3) is 0 Å². The predicted octanol–water partition coefficient (Wildman–Crippen LogP) is 7.37. The molecule has 0 unspecified atom stereocenters. The summed E-state index contributed by atoms with van der Waals surface area (Å²) in [5.41, 5.74) is 0. The Hall–Kier alpha value is -4.43. The first-order valence-corrected chi connectivity index (χ1v) is 10.6. The molecule has 0 radical (unpaired) electrons. The van der Waals surface area contributed by atoms with Crippen LogP contribution in [0.4, 0.5) is 9.59 Å². The summed E-state index contributed by atoms with van der Waals surface area (Å²) in [4.78, 5) is 24.4. The van der Waals surface area contributed by atoms with Crippen molar-refractivity contribution in [2.24, 2.45) is 0 Å². The van der Waals surface area contributed by atoms with Crippen LogP contribution >= 0.6 is 11.6 Å². The Morgan fingerprint density at radius 2 is 1.06 bits per heavy atom.